The number of carbonyl (C=O) groups excluding carboxylic acids is 2. The number of hydrogen-bond acceptors (Lipinski definition) is 4. The van der Waals surface area contributed by atoms with Crippen molar-refractivity contribution in [2.75, 3.05) is 20.1 Å². The number of aromatic nitrogens is 2. The summed E-state index contributed by atoms with van der Waals surface area (Å²) in [4.78, 5) is 27.5. The molecule has 40 heavy (non-hydrogen) atoms. The van der Waals surface area contributed by atoms with Crippen molar-refractivity contribution >= 4 is 33.6 Å². The van der Waals surface area contributed by atoms with E-state index in [0.29, 0.717) is 39.9 Å². The molecule has 9 heteroatoms. The third-order valence-electron chi connectivity index (χ3n) is 7.60. The average Bonchev–Trinajstić information content (AvgIpc) is 3.44. The van der Waals surface area contributed by atoms with E-state index in [2.05, 4.69) is 27.2 Å². The van der Waals surface area contributed by atoms with Gasteiger partial charge in [-0.1, -0.05) is 35.5 Å². The standard InChI is InChI=1S/C31H28F2N4O3/c1-18-27(19(2)40-35-18)22-14-24(29(38)34-3)28-23-13-21(30(39)36-16-31(32,33)17-36)9-10-25(23)37(26(28)15-22)12-11-20-7-5-4-6-8-20/h4-10,13-15H,11-12,16-17H2,1-3H3,(H,34,38). The molecule has 6 rings (SSSR count). The summed E-state index contributed by atoms with van der Waals surface area (Å²) in [6, 6.07) is 19.2. The fraction of sp³-hybridized carbons (Fsp3) is 0.258. The van der Waals surface area contributed by atoms with Gasteiger partial charge in [-0.3, -0.25) is 9.59 Å². The maximum absolute atomic E-state index is 13.5. The fourth-order valence-electron chi connectivity index (χ4n) is 5.68. The Kier molecular flexibility index (Phi) is 6.17. The molecule has 3 heterocycles. The van der Waals surface area contributed by atoms with E-state index in [4.69, 9.17) is 4.52 Å². The van der Waals surface area contributed by atoms with Gasteiger partial charge < -0.3 is 19.3 Å². The molecular formula is C31H28F2N4O3. The van der Waals surface area contributed by atoms with E-state index >= 15 is 0 Å². The second-order valence-electron chi connectivity index (χ2n) is 10.3. The lowest BCUT2D eigenvalue weighted by Gasteiger charge is -2.38. The molecule has 0 aliphatic carbocycles. The number of amides is 2. The van der Waals surface area contributed by atoms with E-state index in [1.807, 2.05) is 50.2 Å². The molecule has 1 aliphatic heterocycles. The van der Waals surface area contributed by atoms with Crippen molar-refractivity contribution in [2.24, 2.45) is 0 Å². The summed E-state index contributed by atoms with van der Waals surface area (Å²) in [6.07, 6.45) is 0.744. The van der Waals surface area contributed by atoms with E-state index < -0.39 is 24.9 Å². The van der Waals surface area contributed by atoms with Crippen LogP contribution >= 0.6 is 0 Å². The summed E-state index contributed by atoms with van der Waals surface area (Å²) in [5.74, 6) is -2.94. The molecule has 2 amide bonds. The zero-order chi connectivity index (χ0) is 28.2. The van der Waals surface area contributed by atoms with Crippen molar-refractivity contribution in [1.82, 2.24) is 19.9 Å². The summed E-state index contributed by atoms with van der Waals surface area (Å²) in [5.41, 5.74) is 5.91. The molecule has 0 radical (unpaired) electrons. The van der Waals surface area contributed by atoms with Gasteiger partial charge in [-0.25, -0.2) is 8.78 Å². The molecule has 1 N–H and O–H groups in total. The molecule has 204 valence electrons. The third-order valence-corrected chi connectivity index (χ3v) is 7.60. The number of likely N-dealkylation sites (tertiary alicyclic amines) is 1. The number of carbonyl (C=O) groups is 2. The van der Waals surface area contributed by atoms with Crippen LogP contribution in [-0.4, -0.2) is 52.5 Å². The van der Waals surface area contributed by atoms with Crippen molar-refractivity contribution in [3.63, 3.8) is 0 Å². The SMILES string of the molecule is CNC(=O)c1cc(-c2c(C)noc2C)cc2c1c1cc(C(=O)N3CC(F)(F)C3)ccc1n2CCc1ccccc1. The molecule has 0 saturated carbocycles. The topological polar surface area (TPSA) is 80.4 Å². The number of rotatable bonds is 6. The second-order valence-corrected chi connectivity index (χ2v) is 10.3. The zero-order valence-electron chi connectivity index (χ0n) is 22.4. The van der Waals surface area contributed by atoms with E-state index in [0.717, 1.165) is 39.0 Å². The number of nitrogens with one attached hydrogen (secondary N) is 1. The summed E-state index contributed by atoms with van der Waals surface area (Å²) in [7, 11) is 1.57. The Balaban J connectivity index is 1.58. The van der Waals surface area contributed by atoms with Crippen molar-refractivity contribution in [3.8, 4) is 11.1 Å². The van der Waals surface area contributed by atoms with Crippen LogP contribution in [0.2, 0.25) is 0 Å². The lowest BCUT2D eigenvalue weighted by atomic mass is 9.96. The quantitative estimate of drug-likeness (QED) is 0.296. The van der Waals surface area contributed by atoms with Gasteiger partial charge in [0.15, 0.2) is 0 Å². The van der Waals surface area contributed by atoms with Gasteiger partial charge in [0.25, 0.3) is 17.7 Å². The summed E-state index contributed by atoms with van der Waals surface area (Å²) < 4.78 is 34.6. The highest BCUT2D eigenvalue weighted by Crippen LogP contribution is 2.38. The number of benzene rings is 3. The van der Waals surface area contributed by atoms with E-state index in [9.17, 15) is 18.4 Å². The van der Waals surface area contributed by atoms with Gasteiger partial charge in [0.2, 0.25) is 0 Å². The van der Waals surface area contributed by atoms with Gasteiger partial charge in [-0.15, -0.1) is 0 Å². The lowest BCUT2D eigenvalue weighted by Crippen LogP contribution is -2.58. The van der Waals surface area contributed by atoms with Crippen LogP contribution in [0.1, 0.15) is 37.7 Å². The van der Waals surface area contributed by atoms with Gasteiger partial charge in [0.05, 0.1) is 24.3 Å². The lowest BCUT2D eigenvalue weighted by molar-refractivity contribution is -0.113. The van der Waals surface area contributed by atoms with Crippen LogP contribution < -0.4 is 5.32 Å². The third kappa shape index (κ3) is 4.31. The molecule has 1 saturated heterocycles. The number of fused-ring (bicyclic) bond motifs is 3. The first kappa shape index (κ1) is 25.7. The summed E-state index contributed by atoms with van der Waals surface area (Å²) in [6.45, 7) is 3.13. The van der Waals surface area contributed by atoms with Crippen molar-refractivity contribution < 1.29 is 22.9 Å². The van der Waals surface area contributed by atoms with Crippen LogP contribution in [0, 0.1) is 13.8 Å². The Morgan fingerprint density at radius 3 is 2.42 bits per heavy atom. The van der Waals surface area contributed by atoms with Crippen LogP contribution in [0.15, 0.2) is 65.2 Å². The van der Waals surface area contributed by atoms with Gasteiger partial charge in [0, 0.05) is 46.6 Å². The molecule has 2 aromatic heterocycles. The van der Waals surface area contributed by atoms with Crippen LogP contribution in [0.5, 0.6) is 0 Å². The Hall–Kier alpha value is -4.53. The maximum atomic E-state index is 13.5. The smallest absolute Gasteiger partial charge is 0.282 e. The molecule has 0 atom stereocenters. The number of hydrogen-bond donors (Lipinski definition) is 1. The Labute approximate surface area is 229 Å². The predicted molar refractivity (Wildman–Crippen MR) is 149 cm³/mol. The molecule has 7 nitrogen and oxygen atoms in total. The van der Waals surface area contributed by atoms with Gasteiger partial charge in [0.1, 0.15) is 5.76 Å². The number of halogens is 2. The van der Waals surface area contributed by atoms with Crippen molar-refractivity contribution in [3.05, 3.63) is 88.8 Å². The average molecular weight is 543 g/mol. The van der Waals surface area contributed by atoms with E-state index in [1.165, 1.54) is 0 Å². The summed E-state index contributed by atoms with van der Waals surface area (Å²) >= 11 is 0. The first-order valence-corrected chi connectivity index (χ1v) is 13.1. The fourth-order valence-corrected chi connectivity index (χ4v) is 5.68. The number of nitrogens with zero attached hydrogens (tertiary/aromatic N) is 3. The van der Waals surface area contributed by atoms with E-state index in [-0.39, 0.29) is 5.91 Å². The molecule has 0 bridgehead atoms. The molecule has 1 fully saturated rings. The van der Waals surface area contributed by atoms with Crippen molar-refractivity contribution in [1.29, 1.82) is 0 Å². The predicted octanol–water partition coefficient (Wildman–Crippen LogP) is 5.76. The maximum Gasteiger partial charge on any atom is 0.282 e. The first-order chi connectivity index (χ1) is 19.2. The largest absolute Gasteiger partial charge is 0.361 e. The minimum atomic E-state index is -2.85. The molecular weight excluding hydrogens is 514 g/mol. The highest BCUT2D eigenvalue weighted by atomic mass is 19.3. The highest BCUT2D eigenvalue weighted by molar-refractivity contribution is 6.20. The van der Waals surface area contributed by atoms with Crippen molar-refractivity contribution in [2.45, 2.75) is 32.7 Å². The Bertz CT molecular complexity index is 1760. The molecule has 3 aromatic carbocycles. The number of alkyl halides is 2. The van der Waals surface area contributed by atoms with E-state index in [1.54, 1.807) is 19.2 Å². The molecule has 0 unspecified atom stereocenters. The van der Waals surface area contributed by atoms with Crippen LogP contribution in [0.25, 0.3) is 32.9 Å². The summed E-state index contributed by atoms with van der Waals surface area (Å²) in [5, 5.41) is 8.25. The zero-order valence-corrected chi connectivity index (χ0v) is 22.4. The van der Waals surface area contributed by atoms with Crippen LogP contribution in [0.4, 0.5) is 8.78 Å². The second kappa shape index (κ2) is 9.59. The van der Waals surface area contributed by atoms with Gasteiger partial charge in [-0.2, -0.15) is 0 Å². The molecule has 1 aliphatic rings. The minimum absolute atomic E-state index is 0.278. The van der Waals surface area contributed by atoms with Crippen LogP contribution in [0.3, 0.4) is 0 Å². The molecule has 0 spiro atoms. The first-order valence-electron chi connectivity index (χ1n) is 13.1. The van der Waals surface area contributed by atoms with Gasteiger partial charge >= 0.3 is 0 Å². The Morgan fingerprint density at radius 1 is 1.02 bits per heavy atom. The molecule has 5 aromatic rings. The van der Waals surface area contributed by atoms with Crippen LogP contribution in [-0.2, 0) is 13.0 Å². The Morgan fingerprint density at radius 2 is 1.77 bits per heavy atom. The normalized spacial score (nSPS) is 14.5. The monoisotopic (exact) mass is 542 g/mol. The minimum Gasteiger partial charge on any atom is -0.361 e. The highest BCUT2D eigenvalue weighted by Gasteiger charge is 2.46. The van der Waals surface area contributed by atoms with Gasteiger partial charge in [-0.05, 0) is 61.7 Å². The number of aryl methyl sites for hydroxylation is 4.